The number of unbranched alkanes of at least 4 members (excludes halogenated alkanes) is 13. The van der Waals surface area contributed by atoms with E-state index in [1.54, 1.807) is 0 Å². The van der Waals surface area contributed by atoms with Crippen LogP contribution in [0.2, 0.25) is 0 Å². The van der Waals surface area contributed by atoms with E-state index in [4.69, 9.17) is 9.79 Å². The molecule has 29 heavy (non-hydrogen) atoms. The molecule has 0 unspecified atom stereocenters. The molecule has 0 aliphatic rings. The number of carbonyl (C=O) groups excluding carboxylic acids is 1. The van der Waals surface area contributed by atoms with Gasteiger partial charge in [0.2, 0.25) is 5.91 Å². The molecule has 0 aliphatic heterocycles. The highest BCUT2D eigenvalue weighted by atomic mass is 31.2. The number of phosphoric ester groups is 1. The molecular weight excluding hydrogens is 393 g/mol. The summed E-state index contributed by atoms with van der Waals surface area (Å²) in [6.07, 6.45) is 17.1. The Kier molecular flexibility index (Phi) is 18.0. The maximum atomic E-state index is 11.2. The maximum absolute atomic E-state index is 11.2. The summed E-state index contributed by atoms with van der Waals surface area (Å²) < 4.78 is 15.2. The van der Waals surface area contributed by atoms with Gasteiger partial charge in [-0.2, -0.15) is 0 Å². The first-order valence-corrected chi connectivity index (χ1v) is 12.9. The van der Waals surface area contributed by atoms with E-state index >= 15 is 0 Å². The normalized spacial score (nSPS) is 14.0. The van der Waals surface area contributed by atoms with Gasteiger partial charge >= 0.3 is 7.82 Å². The number of aliphatic hydroxyl groups excluding tert-OH is 1. The van der Waals surface area contributed by atoms with Gasteiger partial charge in [-0.3, -0.25) is 9.32 Å². The van der Waals surface area contributed by atoms with Gasteiger partial charge in [-0.05, 0) is 6.42 Å². The summed E-state index contributed by atoms with van der Waals surface area (Å²) in [5, 5.41) is 12.7. The van der Waals surface area contributed by atoms with Gasteiger partial charge in [0, 0.05) is 6.92 Å². The number of hydrogen-bond acceptors (Lipinski definition) is 4. The van der Waals surface area contributed by atoms with Gasteiger partial charge in [-0.25, -0.2) is 4.57 Å². The van der Waals surface area contributed by atoms with E-state index in [-0.39, 0.29) is 5.91 Å². The van der Waals surface area contributed by atoms with Crippen molar-refractivity contribution in [2.45, 2.75) is 122 Å². The van der Waals surface area contributed by atoms with Crippen LogP contribution >= 0.6 is 7.82 Å². The Bertz CT molecular complexity index is 443. The summed E-state index contributed by atoms with van der Waals surface area (Å²) in [7, 11) is -4.63. The summed E-state index contributed by atoms with van der Waals surface area (Å²) in [6.45, 7) is 3.13. The third-order valence-corrected chi connectivity index (χ3v) is 5.61. The minimum Gasteiger partial charge on any atom is -0.391 e. The molecule has 4 N–H and O–H groups in total. The van der Waals surface area contributed by atoms with Crippen LogP contribution in [0.3, 0.4) is 0 Å². The van der Waals surface area contributed by atoms with E-state index in [2.05, 4.69) is 16.8 Å². The van der Waals surface area contributed by atoms with Crippen LogP contribution in [0.4, 0.5) is 0 Å². The largest absolute Gasteiger partial charge is 0.469 e. The Morgan fingerprint density at radius 1 is 0.862 bits per heavy atom. The molecule has 0 radical (unpaired) electrons. The quantitative estimate of drug-likeness (QED) is 0.160. The molecular formula is C21H44NO6P. The number of nitrogens with one attached hydrogen (secondary N) is 1. The van der Waals surface area contributed by atoms with Crippen LogP contribution in [0.25, 0.3) is 0 Å². The fourth-order valence-corrected chi connectivity index (χ4v) is 3.79. The molecule has 0 spiro atoms. The molecule has 0 aromatic rings. The molecule has 0 heterocycles. The lowest BCUT2D eigenvalue weighted by atomic mass is 10.0. The highest BCUT2D eigenvalue weighted by molar-refractivity contribution is 7.46. The van der Waals surface area contributed by atoms with Crippen LogP contribution in [0.1, 0.15) is 110 Å². The third-order valence-electron chi connectivity index (χ3n) is 5.13. The van der Waals surface area contributed by atoms with Crippen molar-refractivity contribution < 1.29 is 28.8 Å². The average molecular weight is 438 g/mol. The summed E-state index contributed by atoms with van der Waals surface area (Å²) in [4.78, 5) is 28.8. The number of aliphatic hydroxyl groups is 1. The van der Waals surface area contributed by atoms with Crippen LogP contribution in [-0.4, -0.2) is 39.6 Å². The van der Waals surface area contributed by atoms with Gasteiger partial charge in [0.15, 0.2) is 0 Å². The third kappa shape index (κ3) is 20.6. The first-order valence-electron chi connectivity index (χ1n) is 11.4. The SMILES string of the molecule is CCCCCCCCCCCCCCCC[C@@H](O)[C@H](COP(=O)(O)O)NC(C)=O. The highest BCUT2D eigenvalue weighted by Crippen LogP contribution is 2.35. The minimum atomic E-state index is -4.63. The van der Waals surface area contributed by atoms with Gasteiger partial charge < -0.3 is 20.2 Å². The predicted octanol–water partition coefficient (Wildman–Crippen LogP) is 4.83. The van der Waals surface area contributed by atoms with Gasteiger partial charge in [-0.1, -0.05) is 96.8 Å². The molecule has 0 bridgehead atoms. The van der Waals surface area contributed by atoms with Crippen molar-refractivity contribution in [1.29, 1.82) is 0 Å². The lowest BCUT2D eigenvalue weighted by Gasteiger charge is -2.23. The molecule has 174 valence electrons. The van der Waals surface area contributed by atoms with Gasteiger partial charge in [0.25, 0.3) is 0 Å². The molecule has 0 aromatic carbocycles. The van der Waals surface area contributed by atoms with Crippen molar-refractivity contribution in [3.63, 3.8) is 0 Å². The Balaban J connectivity index is 3.66. The van der Waals surface area contributed by atoms with E-state index in [1.807, 2.05) is 0 Å². The van der Waals surface area contributed by atoms with E-state index in [0.717, 1.165) is 19.3 Å². The van der Waals surface area contributed by atoms with Crippen molar-refractivity contribution in [2.24, 2.45) is 0 Å². The number of amides is 1. The Morgan fingerprint density at radius 2 is 1.28 bits per heavy atom. The Labute approximate surface area is 177 Å². The molecule has 0 saturated heterocycles. The van der Waals surface area contributed by atoms with Gasteiger partial charge in [-0.15, -0.1) is 0 Å². The van der Waals surface area contributed by atoms with Crippen molar-refractivity contribution in [3.05, 3.63) is 0 Å². The summed E-state index contributed by atoms with van der Waals surface area (Å²) in [6, 6.07) is -0.818. The summed E-state index contributed by atoms with van der Waals surface area (Å²) in [5.41, 5.74) is 0. The minimum absolute atomic E-state index is 0.371. The second-order valence-electron chi connectivity index (χ2n) is 8.05. The van der Waals surface area contributed by atoms with Crippen LogP contribution < -0.4 is 5.32 Å². The second-order valence-corrected chi connectivity index (χ2v) is 9.28. The van der Waals surface area contributed by atoms with Crippen LogP contribution in [0, 0.1) is 0 Å². The van der Waals surface area contributed by atoms with E-state index < -0.39 is 26.6 Å². The van der Waals surface area contributed by atoms with Crippen LogP contribution in [-0.2, 0) is 13.9 Å². The van der Waals surface area contributed by atoms with Crippen molar-refractivity contribution in [1.82, 2.24) is 5.32 Å². The lowest BCUT2D eigenvalue weighted by molar-refractivity contribution is -0.121. The molecule has 1 amide bonds. The standard InChI is InChI=1S/C21H44NO6P/c1-3-4-5-6-7-8-9-10-11-12-13-14-15-16-17-21(24)20(22-19(2)23)18-28-29(25,26)27/h20-21,24H,3-18H2,1-2H3,(H,22,23)(H2,25,26,27)/t20-,21+/m0/s1. The number of rotatable bonds is 20. The lowest BCUT2D eigenvalue weighted by Crippen LogP contribution is -2.45. The number of carbonyl (C=O) groups is 1. The highest BCUT2D eigenvalue weighted by Gasteiger charge is 2.24. The molecule has 0 aromatic heterocycles. The Morgan fingerprint density at radius 3 is 1.66 bits per heavy atom. The number of hydrogen-bond donors (Lipinski definition) is 4. The first kappa shape index (κ1) is 28.5. The predicted molar refractivity (Wildman–Crippen MR) is 117 cm³/mol. The maximum Gasteiger partial charge on any atom is 0.469 e. The molecule has 8 heteroatoms. The fraction of sp³-hybridized carbons (Fsp3) is 0.952. The molecule has 0 saturated carbocycles. The second kappa shape index (κ2) is 18.3. The van der Waals surface area contributed by atoms with E-state index in [9.17, 15) is 14.5 Å². The zero-order valence-corrected chi connectivity index (χ0v) is 19.4. The molecule has 2 atom stereocenters. The smallest absolute Gasteiger partial charge is 0.391 e. The fourth-order valence-electron chi connectivity index (χ4n) is 3.44. The molecule has 0 fully saturated rings. The molecule has 0 rings (SSSR count). The molecule has 0 aliphatic carbocycles. The van der Waals surface area contributed by atoms with Crippen LogP contribution in [0.15, 0.2) is 0 Å². The topological polar surface area (TPSA) is 116 Å². The average Bonchev–Trinajstić information content (AvgIpc) is 2.64. The monoisotopic (exact) mass is 437 g/mol. The van der Waals surface area contributed by atoms with Crippen molar-refractivity contribution >= 4 is 13.7 Å². The number of phosphoric acid groups is 1. The zero-order chi connectivity index (χ0) is 22.0. The van der Waals surface area contributed by atoms with Crippen LogP contribution in [0.5, 0.6) is 0 Å². The summed E-state index contributed by atoms with van der Waals surface area (Å²) >= 11 is 0. The van der Waals surface area contributed by atoms with Crippen molar-refractivity contribution in [3.8, 4) is 0 Å². The van der Waals surface area contributed by atoms with Gasteiger partial charge in [0.05, 0.1) is 18.8 Å². The first-order chi connectivity index (χ1) is 13.8. The Hall–Kier alpha value is -0.460. The van der Waals surface area contributed by atoms with Crippen molar-refractivity contribution in [2.75, 3.05) is 6.61 Å². The summed E-state index contributed by atoms with van der Waals surface area (Å²) in [5.74, 6) is -0.371. The van der Waals surface area contributed by atoms with E-state index in [0.29, 0.717) is 6.42 Å². The van der Waals surface area contributed by atoms with Gasteiger partial charge in [0.1, 0.15) is 0 Å². The van der Waals surface area contributed by atoms with E-state index in [1.165, 1.54) is 77.6 Å². The zero-order valence-electron chi connectivity index (χ0n) is 18.5. The molecule has 7 nitrogen and oxygen atoms in total.